The smallest absolute Gasteiger partial charge is 0.335 e. The molecule has 3 unspecified atom stereocenters. The molecular weight excluding hydrogens is 475 g/mol. The van der Waals surface area contributed by atoms with Gasteiger partial charge in [0.2, 0.25) is 13.2 Å². The van der Waals surface area contributed by atoms with E-state index in [0.717, 1.165) is 24.3 Å². The Morgan fingerprint density at radius 3 is 2.23 bits per heavy atom. The number of hydrogen-bond acceptors (Lipinski definition) is 4. The lowest BCUT2D eigenvalue weighted by Crippen LogP contribution is -2.56. The van der Waals surface area contributed by atoms with Crippen LogP contribution in [0, 0.1) is 29.4 Å². The van der Waals surface area contributed by atoms with Gasteiger partial charge in [-0.2, -0.15) is 0 Å². The molecule has 0 aliphatic rings. The number of carboxylic acid groups (broad SMARTS) is 1. The van der Waals surface area contributed by atoms with Gasteiger partial charge < -0.3 is 15.1 Å². The first-order valence-corrected chi connectivity index (χ1v) is 12.1. The molecule has 3 aromatic rings. The monoisotopic (exact) mass is 499 g/mol. The van der Waals surface area contributed by atoms with Gasteiger partial charge in [0.15, 0.2) is 0 Å². The maximum Gasteiger partial charge on any atom is 0.335 e. The molecule has 1 aromatic heterocycles. The van der Waals surface area contributed by atoms with Gasteiger partial charge in [0.05, 0.1) is 5.69 Å². The molecule has 0 fully saturated rings. The van der Waals surface area contributed by atoms with Crippen LogP contribution in [-0.2, 0) is 21.4 Å². The van der Waals surface area contributed by atoms with Gasteiger partial charge in [0.25, 0.3) is 0 Å². The third kappa shape index (κ3) is 5.18. The van der Waals surface area contributed by atoms with Crippen molar-refractivity contribution in [1.82, 2.24) is 4.98 Å². The number of pyridine rings is 1. The van der Waals surface area contributed by atoms with E-state index in [2.05, 4.69) is 16.8 Å². The molecule has 0 bridgehead atoms. The number of carboxylic acids is 1. The lowest BCUT2D eigenvalue weighted by Gasteiger charge is -2.39. The Morgan fingerprint density at radius 1 is 1.06 bits per heavy atom. The minimum absolute atomic E-state index is 0.186. The van der Waals surface area contributed by atoms with Crippen LogP contribution < -0.4 is 0 Å². The van der Waals surface area contributed by atoms with Gasteiger partial charge in [-0.05, 0) is 29.8 Å². The lowest BCUT2D eigenvalue weighted by atomic mass is 9.78. The van der Waals surface area contributed by atoms with Gasteiger partial charge in [0.1, 0.15) is 22.9 Å². The number of carbonyl (C=O) groups is 1. The molecule has 3 rings (SSSR count). The molecular formula is C26H24F2NO5P. The Hall–Kier alpha value is -3.37. The van der Waals surface area contributed by atoms with Gasteiger partial charge in [-0.15, -0.1) is 0 Å². The van der Waals surface area contributed by atoms with E-state index >= 15 is 0 Å². The fourth-order valence-corrected chi connectivity index (χ4v) is 4.62. The molecule has 0 amide bonds. The first-order valence-electron chi connectivity index (χ1n) is 10.7. The third-order valence-electron chi connectivity index (χ3n) is 5.50. The highest BCUT2D eigenvalue weighted by atomic mass is 31.1. The van der Waals surface area contributed by atoms with Crippen LogP contribution >= 0.6 is 8.03 Å². The molecule has 3 atom stereocenters. The predicted octanol–water partition coefficient (Wildman–Crippen LogP) is 4.41. The molecule has 9 heteroatoms. The summed E-state index contributed by atoms with van der Waals surface area (Å²) in [6.45, 7) is 3.30. The summed E-state index contributed by atoms with van der Waals surface area (Å²) in [6.07, 6.45) is -0.559. The third-order valence-corrected chi connectivity index (χ3v) is 6.89. The van der Waals surface area contributed by atoms with Crippen LogP contribution in [-0.4, -0.2) is 31.2 Å². The summed E-state index contributed by atoms with van der Waals surface area (Å²) in [5.41, 5.74) is -2.65. The van der Waals surface area contributed by atoms with E-state index < -0.39 is 48.7 Å². The van der Waals surface area contributed by atoms with Crippen LogP contribution in [0.5, 0.6) is 0 Å². The van der Waals surface area contributed by atoms with Crippen LogP contribution in [0.2, 0.25) is 0 Å². The van der Waals surface area contributed by atoms with Crippen LogP contribution in [0.1, 0.15) is 25.1 Å². The summed E-state index contributed by atoms with van der Waals surface area (Å²) < 4.78 is 41.0. The lowest BCUT2D eigenvalue weighted by molar-refractivity contribution is -0.146. The quantitative estimate of drug-likeness (QED) is 0.329. The summed E-state index contributed by atoms with van der Waals surface area (Å²) in [6, 6.07) is 15.0. The van der Waals surface area contributed by atoms with Gasteiger partial charge in [-0.1, -0.05) is 68.2 Å². The molecule has 0 spiro atoms. The van der Waals surface area contributed by atoms with Crippen LogP contribution in [0.4, 0.5) is 8.78 Å². The van der Waals surface area contributed by atoms with Crippen LogP contribution in [0.25, 0.3) is 11.3 Å². The second kappa shape index (κ2) is 10.5. The fraction of sp³-hybridized carbons (Fsp3) is 0.231. The maximum atomic E-state index is 14.7. The van der Waals surface area contributed by atoms with E-state index in [1.165, 1.54) is 12.1 Å². The number of aliphatic hydroxyl groups is 1. The number of aromatic nitrogens is 1. The van der Waals surface area contributed by atoms with E-state index in [-0.39, 0.29) is 17.0 Å². The Morgan fingerprint density at radius 2 is 1.69 bits per heavy atom. The summed E-state index contributed by atoms with van der Waals surface area (Å²) in [5.74, 6) is 1.40. The standard InChI is InChI=1S/C26H24F2NO5P/c1-17(2)14-15-26(24(30)31,35(33)34)25(32,16-18-8-10-20(27)11-9-18)22-13-12-21(28)23(29-22)19-6-4-3-5-7-19/h3-13,17,32,35H,16H2,1-2H3,(H,30,31)(H,33,34). The highest BCUT2D eigenvalue weighted by molar-refractivity contribution is 7.42. The highest BCUT2D eigenvalue weighted by Gasteiger charge is 2.62. The number of benzene rings is 2. The number of rotatable bonds is 7. The van der Waals surface area contributed by atoms with Crippen molar-refractivity contribution in [2.24, 2.45) is 5.92 Å². The second-order valence-corrected chi connectivity index (χ2v) is 9.70. The minimum Gasteiger partial charge on any atom is -0.480 e. The van der Waals surface area contributed by atoms with Crippen molar-refractivity contribution < 1.29 is 33.2 Å². The second-order valence-electron chi connectivity index (χ2n) is 8.34. The highest BCUT2D eigenvalue weighted by Crippen LogP contribution is 2.50. The van der Waals surface area contributed by atoms with Crippen molar-refractivity contribution in [2.75, 3.05) is 0 Å². The molecule has 0 aliphatic carbocycles. The fourth-order valence-electron chi connectivity index (χ4n) is 3.69. The molecule has 0 saturated heterocycles. The van der Waals surface area contributed by atoms with Crippen LogP contribution in [0.15, 0.2) is 66.7 Å². The zero-order chi connectivity index (χ0) is 25.8. The summed E-state index contributed by atoms with van der Waals surface area (Å²) in [7, 11) is -4.13. The normalized spacial score (nSPS) is 15.4. The van der Waals surface area contributed by atoms with Crippen LogP contribution in [0.3, 0.4) is 0 Å². The molecule has 182 valence electrons. The molecule has 0 saturated carbocycles. The largest absolute Gasteiger partial charge is 0.480 e. The van der Waals surface area contributed by atoms with E-state index in [4.69, 9.17) is 0 Å². The number of halogens is 2. The summed E-state index contributed by atoms with van der Waals surface area (Å²) in [5, 5.41) is 19.3. The van der Waals surface area contributed by atoms with Crippen molar-refractivity contribution in [1.29, 1.82) is 0 Å². The average molecular weight is 499 g/mol. The van der Waals surface area contributed by atoms with Crippen molar-refractivity contribution in [3.63, 3.8) is 0 Å². The van der Waals surface area contributed by atoms with E-state index in [0.29, 0.717) is 5.56 Å². The van der Waals surface area contributed by atoms with Crippen molar-refractivity contribution in [2.45, 2.75) is 31.0 Å². The topological polar surface area (TPSA) is 108 Å². The first-order chi connectivity index (χ1) is 16.5. The van der Waals surface area contributed by atoms with Crippen molar-refractivity contribution in [3.05, 3.63) is 89.6 Å². The van der Waals surface area contributed by atoms with E-state index in [1.807, 2.05) is 0 Å². The van der Waals surface area contributed by atoms with Crippen molar-refractivity contribution >= 4 is 14.0 Å². The average Bonchev–Trinajstić information content (AvgIpc) is 2.81. The molecule has 1 heterocycles. The Balaban J connectivity index is 2.36. The van der Waals surface area contributed by atoms with Crippen molar-refractivity contribution in [3.8, 4) is 23.1 Å². The molecule has 35 heavy (non-hydrogen) atoms. The molecule has 2 aromatic carbocycles. The molecule has 0 radical (unpaired) electrons. The maximum absolute atomic E-state index is 14.7. The summed E-state index contributed by atoms with van der Waals surface area (Å²) >= 11 is 0. The predicted molar refractivity (Wildman–Crippen MR) is 128 cm³/mol. The molecule has 0 aliphatic heterocycles. The van der Waals surface area contributed by atoms with Gasteiger partial charge in [-0.25, -0.2) is 18.6 Å². The number of hydrogen-bond donors (Lipinski definition) is 3. The molecule has 3 N–H and O–H groups in total. The zero-order valence-electron chi connectivity index (χ0n) is 19.0. The summed E-state index contributed by atoms with van der Waals surface area (Å²) in [4.78, 5) is 27.2. The SMILES string of the molecule is CC(C)C#CC(C(=O)O)([PH](=O)O)C(O)(Cc1ccc(F)cc1)c1ccc(F)c(-c2ccccc2)n1. The van der Waals surface area contributed by atoms with Gasteiger partial charge in [-0.3, -0.25) is 4.57 Å². The minimum atomic E-state index is -4.13. The van der Waals surface area contributed by atoms with E-state index in [9.17, 15) is 33.2 Å². The first kappa shape index (κ1) is 26.2. The van der Waals surface area contributed by atoms with E-state index in [1.54, 1.807) is 44.2 Å². The number of nitrogens with zero attached hydrogens (tertiary/aromatic N) is 1. The number of aliphatic carboxylic acids is 1. The van der Waals surface area contributed by atoms with Gasteiger partial charge >= 0.3 is 5.97 Å². The van der Waals surface area contributed by atoms with Gasteiger partial charge in [0, 0.05) is 17.9 Å². The zero-order valence-corrected chi connectivity index (χ0v) is 20.0. The Bertz CT molecular complexity index is 1290. The Kier molecular flexibility index (Phi) is 7.86. The molecule has 6 nitrogen and oxygen atoms in total. The Labute approximate surface area is 202 Å².